The maximum atomic E-state index is 11.5. The van der Waals surface area contributed by atoms with Gasteiger partial charge in [0.1, 0.15) is 5.75 Å². The fourth-order valence-corrected chi connectivity index (χ4v) is 2.66. The molecule has 1 fully saturated rings. The van der Waals surface area contributed by atoms with E-state index in [0.717, 1.165) is 42.5 Å². The topological polar surface area (TPSA) is 55.4 Å². The molecule has 19 heavy (non-hydrogen) atoms. The predicted octanol–water partition coefficient (Wildman–Crippen LogP) is 2.76. The summed E-state index contributed by atoms with van der Waals surface area (Å²) in [6.45, 7) is 2.85. The molecule has 102 valence electrons. The zero-order chi connectivity index (χ0) is 13.7. The largest absolute Gasteiger partial charge is 0.494 e. The van der Waals surface area contributed by atoms with Crippen molar-refractivity contribution in [2.45, 2.75) is 31.4 Å². The molecule has 0 aliphatic carbocycles. The molecule has 1 heterocycles. The van der Waals surface area contributed by atoms with Gasteiger partial charge in [0.05, 0.1) is 11.9 Å². The fraction of sp³-hybridized carbons (Fsp3) is 0.429. The highest BCUT2D eigenvalue weighted by Crippen LogP contribution is 2.23. The van der Waals surface area contributed by atoms with E-state index in [-0.39, 0.29) is 16.4 Å². The third-order valence-corrected chi connectivity index (χ3v) is 3.86. The fourth-order valence-electron chi connectivity index (χ4n) is 1.80. The van der Waals surface area contributed by atoms with Gasteiger partial charge in [0, 0.05) is 0 Å². The van der Waals surface area contributed by atoms with Crippen molar-refractivity contribution in [2.75, 3.05) is 6.61 Å². The van der Waals surface area contributed by atoms with Crippen LogP contribution in [0.25, 0.3) is 0 Å². The summed E-state index contributed by atoms with van der Waals surface area (Å²) in [7, 11) is 0. The molecule has 2 rings (SSSR count). The zero-order valence-corrected chi connectivity index (χ0v) is 11.7. The van der Waals surface area contributed by atoms with Crippen LogP contribution < -0.4 is 10.1 Å². The average molecular weight is 279 g/mol. The Bertz CT molecular complexity index is 458. The van der Waals surface area contributed by atoms with Gasteiger partial charge in [0.25, 0.3) is 5.24 Å². The lowest BCUT2D eigenvalue weighted by atomic mass is 10.1. The Morgan fingerprint density at radius 3 is 2.58 bits per heavy atom. The summed E-state index contributed by atoms with van der Waals surface area (Å²) in [6.07, 6.45) is 2.72. The van der Waals surface area contributed by atoms with E-state index in [1.54, 1.807) is 0 Å². The standard InChI is InChI=1S/C14H17NO3S/c1-2-3-8-18-11-6-4-10(5-7-11)9-12-13(16)15-14(17)19-12/h4-7,12H,2-3,8-9H2,1H3,(H,15,16,17). The lowest BCUT2D eigenvalue weighted by molar-refractivity contribution is -0.118. The third kappa shape index (κ3) is 3.99. The van der Waals surface area contributed by atoms with Crippen molar-refractivity contribution in [1.29, 1.82) is 0 Å². The number of ether oxygens (including phenoxy) is 1. The Kier molecular flexibility index (Phi) is 4.85. The van der Waals surface area contributed by atoms with Crippen LogP contribution in [0.3, 0.4) is 0 Å². The Morgan fingerprint density at radius 1 is 1.26 bits per heavy atom. The molecule has 1 aliphatic heterocycles. The van der Waals surface area contributed by atoms with E-state index >= 15 is 0 Å². The van der Waals surface area contributed by atoms with Gasteiger partial charge < -0.3 is 4.74 Å². The summed E-state index contributed by atoms with van der Waals surface area (Å²) in [4.78, 5) is 22.5. The van der Waals surface area contributed by atoms with Crippen LogP contribution in [0.5, 0.6) is 5.75 Å². The molecule has 0 aromatic heterocycles. The first-order valence-electron chi connectivity index (χ1n) is 6.42. The molecule has 0 bridgehead atoms. The Balaban J connectivity index is 1.88. The van der Waals surface area contributed by atoms with Gasteiger partial charge in [0.2, 0.25) is 5.91 Å². The highest BCUT2D eigenvalue weighted by Gasteiger charge is 2.31. The number of unbranched alkanes of at least 4 members (excludes halogenated alkanes) is 1. The minimum Gasteiger partial charge on any atom is -0.494 e. The number of benzene rings is 1. The van der Waals surface area contributed by atoms with Gasteiger partial charge >= 0.3 is 0 Å². The van der Waals surface area contributed by atoms with Gasteiger partial charge in [0.15, 0.2) is 0 Å². The van der Waals surface area contributed by atoms with Crippen LogP contribution in [0.2, 0.25) is 0 Å². The predicted molar refractivity (Wildman–Crippen MR) is 75.5 cm³/mol. The van der Waals surface area contributed by atoms with Crippen molar-refractivity contribution in [1.82, 2.24) is 5.32 Å². The summed E-state index contributed by atoms with van der Waals surface area (Å²) in [5.41, 5.74) is 1.03. The van der Waals surface area contributed by atoms with E-state index < -0.39 is 0 Å². The Hall–Kier alpha value is -1.49. The number of hydrogen-bond donors (Lipinski definition) is 1. The highest BCUT2D eigenvalue weighted by atomic mass is 32.2. The SMILES string of the molecule is CCCCOc1ccc(CC2SC(=O)NC2=O)cc1. The molecular weight excluding hydrogens is 262 g/mol. The lowest BCUT2D eigenvalue weighted by Crippen LogP contribution is -2.25. The van der Waals surface area contributed by atoms with Gasteiger partial charge in [-0.2, -0.15) is 0 Å². The van der Waals surface area contributed by atoms with E-state index in [4.69, 9.17) is 4.74 Å². The quantitative estimate of drug-likeness (QED) is 0.814. The van der Waals surface area contributed by atoms with Crippen molar-refractivity contribution in [2.24, 2.45) is 0 Å². The molecule has 0 spiro atoms. The molecule has 1 aliphatic rings. The minimum absolute atomic E-state index is 0.196. The number of hydrogen-bond acceptors (Lipinski definition) is 4. The van der Waals surface area contributed by atoms with Gasteiger partial charge in [-0.3, -0.25) is 14.9 Å². The van der Waals surface area contributed by atoms with E-state index in [1.165, 1.54) is 0 Å². The van der Waals surface area contributed by atoms with Crippen molar-refractivity contribution in [3.63, 3.8) is 0 Å². The van der Waals surface area contributed by atoms with Crippen LogP contribution in [0.15, 0.2) is 24.3 Å². The summed E-state index contributed by atoms with van der Waals surface area (Å²) < 4.78 is 5.57. The molecule has 1 saturated heterocycles. The molecular formula is C14H17NO3S. The number of thioether (sulfide) groups is 1. The number of carbonyl (C=O) groups excluding carboxylic acids is 2. The van der Waals surface area contributed by atoms with Gasteiger partial charge in [-0.15, -0.1) is 0 Å². The maximum absolute atomic E-state index is 11.5. The van der Waals surface area contributed by atoms with Crippen LogP contribution in [0.4, 0.5) is 4.79 Å². The molecule has 1 atom stereocenters. The molecule has 1 aromatic rings. The number of carbonyl (C=O) groups is 2. The van der Waals surface area contributed by atoms with Crippen molar-refractivity contribution < 1.29 is 14.3 Å². The number of rotatable bonds is 6. The Morgan fingerprint density at radius 2 is 2.00 bits per heavy atom. The molecule has 1 aromatic carbocycles. The van der Waals surface area contributed by atoms with Gasteiger partial charge in [-0.05, 0) is 30.5 Å². The first kappa shape index (κ1) is 13.9. The molecule has 5 heteroatoms. The third-order valence-electron chi connectivity index (χ3n) is 2.88. The van der Waals surface area contributed by atoms with Crippen LogP contribution in [0.1, 0.15) is 25.3 Å². The molecule has 1 unspecified atom stereocenters. The zero-order valence-electron chi connectivity index (χ0n) is 10.8. The number of amides is 2. The second kappa shape index (κ2) is 6.61. The van der Waals surface area contributed by atoms with Crippen molar-refractivity contribution in [3.8, 4) is 5.75 Å². The lowest BCUT2D eigenvalue weighted by Gasteiger charge is -2.08. The van der Waals surface area contributed by atoms with Crippen molar-refractivity contribution in [3.05, 3.63) is 29.8 Å². The average Bonchev–Trinajstić information content (AvgIpc) is 2.70. The van der Waals surface area contributed by atoms with Gasteiger partial charge in [-0.25, -0.2) is 0 Å². The summed E-state index contributed by atoms with van der Waals surface area (Å²) in [5.74, 6) is 0.648. The maximum Gasteiger partial charge on any atom is 0.286 e. The van der Waals surface area contributed by atoms with Crippen LogP contribution in [0, 0.1) is 0 Å². The van der Waals surface area contributed by atoms with Crippen LogP contribution in [-0.4, -0.2) is 23.0 Å². The summed E-state index contributed by atoms with van der Waals surface area (Å²) in [6, 6.07) is 7.70. The molecule has 4 nitrogen and oxygen atoms in total. The van der Waals surface area contributed by atoms with Crippen LogP contribution in [-0.2, 0) is 11.2 Å². The van der Waals surface area contributed by atoms with E-state index in [1.807, 2.05) is 24.3 Å². The van der Waals surface area contributed by atoms with E-state index in [0.29, 0.717) is 6.42 Å². The Labute approximate surface area is 116 Å². The number of imide groups is 1. The normalized spacial score (nSPS) is 18.5. The first-order valence-corrected chi connectivity index (χ1v) is 7.30. The molecule has 0 radical (unpaired) electrons. The van der Waals surface area contributed by atoms with E-state index in [2.05, 4.69) is 12.2 Å². The molecule has 1 N–H and O–H groups in total. The second-order valence-corrected chi connectivity index (χ2v) is 5.61. The second-order valence-electron chi connectivity index (χ2n) is 4.43. The van der Waals surface area contributed by atoms with Gasteiger partial charge in [-0.1, -0.05) is 37.2 Å². The monoisotopic (exact) mass is 279 g/mol. The highest BCUT2D eigenvalue weighted by molar-refractivity contribution is 8.15. The first-order chi connectivity index (χ1) is 9.19. The molecule has 0 saturated carbocycles. The summed E-state index contributed by atoms with van der Waals surface area (Å²) >= 11 is 1.06. The van der Waals surface area contributed by atoms with E-state index in [9.17, 15) is 9.59 Å². The summed E-state index contributed by atoms with van der Waals surface area (Å²) in [5, 5.41) is 1.73. The molecule has 2 amide bonds. The minimum atomic E-state index is -0.306. The number of nitrogens with one attached hydrogen (secondary N) is 1. The smallest absolute Gasteiger partial charge is 0.286 e. The van der Waals surface area contributed by atoms with Crippen molar-refractivity contribution >= 4 is 22.9 Å². The van der Waals surface area contributed by atoms with Crippen LogP contribution >= 0.6 is 11.8 Å².